The topological polar surface area (TPSA) is 72.5 Å². The van der Waals surface area contributed by atoms with Crippen LogP contribution in [-0.4, -0.2) is 19.1 Å². The molecule has 3 heterocycles. The van der Waals surface area contributed by atoms with E-state index < -0.39 is 0 Å². The van der Waals surface area contributed by atoms with Crippen molar-refractivity contribution >= 4 is 60.7 Å². The van der Waals surface area contributed by atoms with Crippen LogP contribution in [-0.2, 0) is 0 Å². The molecule has 0 saturated heterocycles. The molecule has 11 aromatic rings. The minimum absolute atomic E-state index is 0.505. The van der Waals surface area contributed by atoms with Crippen LogP contribution in [0.4, 0.5) is 17.1 Å². The maximum Gasteiger partial charge on any atom is 0.188 e. The molecule has 3 aromatic heterocycles. The Balaban J connectivity index is 0.955. The number of rotatable bonds is 6. The minimum Gasteiger partial charge on any atom is -0.309 e. The van der Waals surface area contributed by atoms with Gasteiger partial charge >= 0.3 is 0 Å². The van der Waals surface area contributed by atoms with Gasteiger partial charge in [0.2, 0.25) is 0 Å². The molecule has 0 N–H and O–H groups in total. The van der Waals surface area contributed by atoms with E-state index in [0.29, 0.717) is 34.1 Å². The fraction of sp³-hybridized carbons (Fsp3) is 0. The molecule has 0 fully saturated rings. The summed E-state index contributed by atoms with van der Waals surface area (Å²) < 4.78 is 4.53. The third kappa shape index (κ3) is 6.29. The Kier molecular flexibility index (Phi) is 8.85. The van der Waals surface area contributed by atoms with Crippen molar-refractivity contribution in [3.8, 4) is 62.5 Å². The van der Waals surface area contributed by atoms with Crippen molar-refractivity contribution < 1.29 is 0 Å². The van der Waals surface area contributed by atoms with Crippen molar-refractivity contribution in [2.75, 3.05) is 0 Å². The van der Waals surface area contributed by atoms with E-state index in [1.807, 2.05) is 72.8 Å². The molecule has 64 heavy (non-hydrogen) atoms. The number of hydrogen-bond acceptors (Lipinski definition) is 3. The van der Waals surface area contributed by atoms with Gasteiger partial charge in [-0.2, -0.15) is 5.26 Å². The van der Waals surface area contributed by atoms with Gasteiger partial charge in [0.05, 0.1) is 64.8 Å². The summed E-state index contributed by atoms with van der Waals surface area (Å²) in [5, 5.41) is 13.8. The third-order valence-electron chi connectivity index (χ3n) is 11.8. The van der Waals surface area contributed by atoms with E-state index in [0.717, 1.165) is 88.5 Å². The van der Waals surface area contributed by atoms with Gasteiger partial charge in [-0.3, -0.25) is 0 Å². The Morgan fingerprint density at radius 1 is 0.391 bits per heavy atom. The molecule has 0 spiro atoms. The Morgan fingerprint density at radius 2 is 0.906 bits per heavy atom. The fourth-order valence-corrected chi connectivity index (χ4v) is 8.76. The SMILES string of the molecule is [C-]#[N+]c1cccc(-c2cc(-c3ccc(-c4ccc(-n5c6ccccc6c6cc(-n7c8ccc(C#N)cc8c8cc([N+]#[C-])ccc87)ccc65)cc4)cc3)nc(-c3cccc([N+]#[C-])c3)n2)c1. The predicted molar refractivity (Wildman–Crippen MR) is 256 cm³/mol. The summed E-state index contributed by atoms with van der Waals surface area (Å²) in [5.74, 6) is 0.505. The van der Waals surface area contributed by atoms with Gasteiger partial charge in [-0.25, -0.2) is 24.5 Å². The number of nitrogens with zero attached hydrogens (tertiary/aromatic N) is 8. The highest BCUT2D eigenvalue weighted by Gasteiger charge is 2.18. The lowest BCUT2D eigenvalue weighted by atomic mass is 10.0. The lowest BCUT2D eigenvalue weighted by Crippen LogP contribution is -1.96. The largest absolute Gasteiger partial charge is 0.309 e. The average Bonchev–Trinajstić information content (AvgIpc) is 3.87. The Morgan fingerprint density at radius 3 is 1.61 bits per heavy atom. The zero-order valence-corrected chi connectivity index (χ0v) is 33.9. The van der Waals surface area contributed by atoms with Gasteiger partial charge in [0.1, 0.15) is 0 Å². The highest BCUT2D eigenvalue weighted by Crippen LogP contribution is 2.39. The normalized spacial score (nSPS) is 11.1. The second-order valence-corrected chi connectivity index (χ2v) is 15.5. The molecule has 0 atom stereocenters. The van der Waals surface area contributed by atoms with E-state index in [1.165, 1.54) is 0 Å². The summed E-state index contributed by atoms with van der Waals surface area (Å²) in [7, 11) is 0. The van der Waals surface area contributed by atoms with Crippen LogP contribution in [0.3, 0.4) is 0 Å². The zero-order chi connectivity index (χ0) is 43.3. The molecule has 0 bridgehead atoms. The number of nitriles is 1. The van der Waals surface area contributed by atoms with Crippen molar-refractivity contribution in [1.29, 1.82) is 5.26 Å². The van der Waals surface area contributed by atoms with Crippen LogP contribution in [0.15, 0.2) is 182 Å². The fourth-order valence-electron chi connectivity index (χ4n) is 8.76. The maximum absolute atomic E-state index is 9.71. The van der Waals surface area contributed by atoms with Gasteiger partial charge in [-0.15, -0.1) is 0 Å². The van der Waals surface area contributed by atoms with Crippen LogP contribution >= 0.6 is 0 Å². The zero-order valence-electron chi connectivity index (χ0n) is 33.9. The van der Waals surface area contributed by atoms with Crippen LogP contribution in [0.1, 0.15) is 5.56 Å². The lowest BCUT2D eigenvalue weighted by Gasteiger charge is -2.12. The molecule has 0 aliphatic heterocycles. The molecule has 0 aliphatic rings. The third-order valence-corrected chi connectivity index (χ3v) is 11.8. The first-order valence-corrected chi connectivity index (χ1v) is 20.5. The number of benzene rings is 8. The molecule has 294 valence electrons. The van der Waals surface area contributed by atoms with Gasteiger partial charge in [-0.1, -0.05) is 97.1 Å². The van der Waals surface area contributed by atoms with Crippen LogP contribution in [0.5, 0.6) is 0 Å². The van der Waals surface area contributed by atoms with Crippen LogP contribution < -0.4 is 0 Å². The predicted octanol–water partition coefficient (Wildman–Crippen LogP) is 14.9. The molecule has 0 amide bonds. The molecule has 0 saturated carbocycles. The summed E-state index contributed by atoms with van der Waals surface area (Å²) >= 11 is 0. The Hall–Kier alpha value is -9.60. The highest BCUT2D eigenvalue weighted by molar-refractivity contribution is 6.13. The summed E-state index contributed by atoms with van der Waals surface area (Å²) in [4.78, 5) is 20.8. The summed E-state index contributed by atoms with van der Waals surface area (Å²) in [6.45, 7) is 22.7. The molecule has 8 heteroatoms. The molecule has 0 aliphatic carbocycles. The Bertz CT molecular complexity index is 3730. The summed E-state index contributed by atoms with van der Waals surface area (Å²) in [6.07, 6.45) is 0. The smallest absolute Gasteiger partial charge is 0.188 e. The standard InChI is InChI=1S/C56H30N8/c1-58-41-10-6-8-39(29-41)51-33-50(61-56(62-51)40-9-7-11-42(30-40)59-2)38-17-15-36(16-18-38)37-19-22-44(23-20-37)63-52-13-5-4-12-46(52)49-32-45(24-27-55(49)63)64-53-25-14-35(34-57)28-47(53)48-31-43(60-3)21-26-54(48)64/h4-33H. The van der Waals surface area contributed by atoms with Gasteiger partial charge in [0.25, 0.3) is 0 Å². The van der Waals surface area contributed by atoms with E-state index in [2.05, 4.69) is 121 Å². The quantitative estimate of drug-likeness (QED) is 0.157. The number of aromatic nitrogens is 4. The van der Waals surface area contributed by atoms with E-state index in [1.54, 1.807) is 18.2 Å². The molecule has 8 nitrogen and oxygen atoms in total. The van der Waals surface area contributed by atoms with Crippen molar-refractivity contribution in [2.45, 2.75) is 0 Å². The van der Waals surface area contributed by atoms with Crippen LogP contribution in [0, 0.1) is 31.0 Å². The Labute approximate surface area is 367 Å². The lowest BCUT2D eigenvalue weighted by molar-refractivity contribution is 1.17. The first-order valence-electron chi connectivity index (χ1n) is 20.5. The van der Waals surface area contributed by atoms with E-state index in [9.17, 15) is 5.26 Å². The van der Waals surface area contributed by atoms with Crippen LogP contribution in [0.2, 0.25) is 0 Å². The molecule has 8 aromatic carbocycles. The molecular weight excluding hydrogens is 785 g/mol. The van der Waals surface area contributed by atoms with Crippen molar-refractivity contribution in [2.24, 2.45) is 0 Å². The van der Waals surface area contributed by atoms with Crippen molar-refractivity contribution in [1.82, 2.24) is 19.1 Å². The average molecular weight is 815 g/mol. The second kappa shape index (κ2) is 15.1. The first-order chi connectivity index (χ1) is 31.5. The first kappa shape index (κ1) is 37.4. The molecule has 11 rings (SSSR count). The van der Waals surface area contributed by atoms with Crippen LogP contribution in [0.25, 0.3) is 115 Å². The summed E-state index contributed by atoms with van der Waals surface area (Å²) in [5.41, 5.74) is 14.4. The second-order valence-electron chi connectivity index (χ2n) is 15.5. The van der Waals surface area contributed by atoms with Gasteiger partial charge < -0.3 is 9.13 Å². The summed E-state index contributed by atoms with van der Waals surface area (Å²) in [6, 6.07) is 62.4. The van der Waals surface area contributed by atoms with E-state index >= 15 is 0 Å². The number of para-hydroxylation sites is 1. The molecule has 0 radical (unpaired) electrons. The monoisotopic (exact) mass is 814 g/mol. The number of fused-ring (bicyclic) bond motifs is 6. The molecular formula is C56H30N8. The molecule has 0 unspecified atom stereocenters. The highest BCUT2D eigenvalue weighted by atomic mass is 15.0. The number of hydrogen-bond donors (Lipinski definition) is 0. The maximum atomic E-state index is 9.71. The van der Waals surface area contributed by atoms with Gasteiger partial charge in [-0.05, 0) is 107 Å². The van der Waals surface area contributed by atoms with Gasteiger partial charge in [0, 0.05) is 38.7 Å². The van der Waals surface area contributed by atoms with Crippen molar-refractivity contribution in [3.05, 3.63) is 222 Å². The van der Waals surface area contributed by atoms with E-state index in [4.69, 9.17) is 29.7 Å². The van der Waals surface area contributed by atoms with Gasteiger partial charge in [0.15, 0.2) is 22.9 Å². The minimum atomic E-state index is 0.505. The van der Waals surface area contributed by atoms with Crippen molar-refractivity contribution in [3.63, 3.8) is 0 Å². The van der Waals surface area contributed by atoms with E-state index in [-0.39, 0.29) is 0 Å².